The molecule has 2 rings (SSSR count). The number of nitrogens with zero attached hydrogens (tertiary/aromatic N) is 1. The maximum Gasteiger partial charge on any atom is 0.142 e. The molecule has 85 valence electrons. The quantitative estimate of drug-likeness (QED) is 0.574. The minimum Gasteiger partial charge on any atom is -0.391 e. The summed E-state index contributed by atoms with van der Waals surface area (Å²) in [6.07, 6.45) is 8.02. The van der Waals surface area contributed by atoms with Gasteiger partial charge in [0.25, 0.3) is 0 Å². The molecule has 1 aliphatic rings. The van der Waals surface area contributed by atoms with E-state index in [0.29, 0.717) is 12.5 Å². The monoisotopic (exact) mass is 236 g/mol. The predicted molar refractivity (Wildman–Crippen MR) is 65.6 cm³/mol. The highest BCUT2D eigenvalue weighted by atomic mass is 35.5. The van der Waals surface area contributed by atoms with Gasteiger partial charge in [-0.2, -0.15) is 0 Å². The van der Waals surface area contributed by atoms with Gasteiger partial charge in [0.05, 0.1) is 0 Å². The fourth-order valence-corrected chi connectivity index (χ4v) is 2.11. The molecule has 0 bridgehead atoms. The van der Waals surface area contributed by atoms with Crippen molar-refractivity contribution in [3.63, 3.8) is 0 Å². The summed E-state index contributed by atoms with van der Waals surface area (Å²) in [4.78, 5) is 5.19. The third-order valence-electron chi connectivity index (χ3n) is 2.78. The van der Waals surface area contributed by atoms with Gasteiger partial charge in [0.1, 0.15) is 12.8 Å². The lowest BCUT2D eigenvalue weighted by molar-refractivity contribution is 0.130. The van der Waals surface area contributed by atoms with Crippen LogP contribution in [-0.4, -0.2) is 6.21 Å². The summed E-state index contributed by atoms with van der Waals surface area (Å²) in [5.41, 5.74) is 1.03. The summed E-state index contributed by atoms with van der Waals surface area (Å²) in [6.45, 7) is 0.459. The molecule has 1 radical (unpaired) electrons. The van der Waals surface area contributed by atoms with Gasteiger partial charge in [-0.05, 0) is 30.5 Å². The highest BCUT2D eigenvalue weighted by molar-refractivity contribution is 6.30. The molecule has 2 nitrogen and oxygen atoms in total. The van der Waals surface area contributed by atoms with E-state index in [2.05, 4.69) is 11.4 Å². The lowest BCUT2D eigenvalue weighted by atomic mass is 10.1. The molecular formula is C13H15ClNO. The summed E-state index contributed by atoms with van der Waals surface area (Å²) in [5, 5.41) is 4.61. The average molecular weight is 237 g/mol. The summed E-state index contributed by atoms with van der Waals surface area (Å²) >= 11 is 5.86. The molecule has 1 aromatic carbocycles. The molecule has 3 heteroatoms. The maximum absolute atomic E-state index is 5.86. The Morgan fingerprint density at radius 3 is 2.94 bits per heavy atom. The Bertz CT molecular complexity index is 359. The van der Waals surface area contributed by atoms with Crippen molar-refractivity contribution in [2.45, 2.75) is 32.3 Å². The normalized spacial score (nSPS) is 17.1. The van der Waals surface area contributed by atoms with Crippen LogP contribution in [0.1, 0.15) is 31.2 Å². The number of benzene rings is 1. The van der Waals surface area contributed by atoms with E-state index in [4.69, 9.17) is 16.4 Å². The molecule has 0 amide bonds. The van der Waals surface area contributed by atoms with Crippen molar-refractivity contribution in [2.24, 2.45) is 11.1 Å². The number of rotatable bonds is 4. The van der Waals surface area contributed by atoms with Crippen LogP contribution >= 0.6 is 11.6 Å². The van der Waals surface area contributed by atoms with Crippen molar-refractivity contribution in [3.05, 3.63) is 34.9 Å². The molecule has 0 atom stereocenters. The smallest absolute Gasteiger partial charge is 0.142 e. The number of hydrogen-bond acceptors (Lipinski definition) is 2. The van der Waals surface area contributed by atoms with Gasteiger partial charge < -0.3 is 4.84 Å². The van der Waals surface area contributed by atoms with Gasteiger partial charge in [-0.25, -0.2) is 0 Å². The first-order valence-corrected chi connectivity index (χ1v) is 6.04. The Labute approximate surface area is 101 Å². The first-order valence-electron chi connectivity index (χ1n) is 5.66. The Balaban J connectivity index is 1.75. The highest BCUT2D eigenvalue weighted by Crippen LogP contribution is 2.22. The second kappa shape index (κ2) is 5.90. The molecule has 0 N–H and O–H groups in total. The summed E-state index contributed by atoms with van der Waals surface area (Å²) in [6, 6.07) is 7.61. The van der Waals surface area contributed by atoms with Gasteiger partial charge >= 0.3 is 0 Å². The Hall–Kier alpha value is -1.02. The first-order chi connectivity index (χ1) is 7.84. The van der Waals surface area contributed by atoms with E-state index >= 15 is 0 Å². The lowest BCUT2D eigenvalue weighted by Gasteiger charge is -2.01. The predicted octanol–water partition coefficient (Wildman–Crippen LogP) is 3.91. The fraction of sp³-hybridized carbons (Fsp3) is 0.462. The SMILES string of the molecule is Clc1cccc(CO/N=[C]\C2CCCC2)c1. The zero-order valence-corrected chi connectivity index (χ0v) is 9.91. The van der Waals surface area contributed by atoms with Crippen LogP contribution in [0.3, 0.4) is 0 Å². The zero-order valence-electron chi connectivity index (χ0n) is 9.16. The molecule has 1 fully saturated rings. The van der Waals surface area contributed by atoms with Gasteiger partial charge in [0, 0.05) is 10.9 Å². The lowest BCUT2D eigenvalue weighted by Crippen LogP contribution is -1.95. The zero-order chi connectivity index (χ0) is 11.2. The molecule has 0 aliphatic heterocycles. The van der Waals surface area contributed by atoms with Crippen LogP contribution in [0.5, 0.6) is 0 Å². The molecule has 0 spiro atoms. The van der Waals surface area contributed by atoms with Crippen LogP contribution < -0.4 is 0 Å². The van der Waals surface area contributed by atoms with Crippen LogP contribution in [0.25, 0.3) is 0 Å². The van der Waals surface area contributed by atoms with E-state index in [-0.39, 0.29) is 0 Å². The summed E-state index contributed by atoms with van der Waals surface area (Å²) in [7, 11) is 0. The minimum atomic E-state index is 0.459. The van der Waals surface area contributed by atoms with Crippen LogP contribution in [0.4, 0.5) is 0 Å². The van der Waals surface area contributed by atoms with Crippen molar-refractivity contribution < 1.29 is 4.84 Å². The summed E-state index contributed by atoms with van der Waals surface area (Å²) in [5.74, 6) is 0.499. The molecular weight excluding hydrogens is 222 g/mol. The van der Waals surface area contributed by atoms with Gasteiger partial charge in [-0.1, -0.05) is 41.7 Å². The van der Waals surface area contributed by atoms with Crippen molar-refractivity contribution >= 4 is 17.8 Å². The largest absolute Gasteiger partial charge is 0.391 e. The molecule has 16 heavy (non-hydrogen) atoms. The molecule has 0 aromatic heterocycles. The molecule has 0 saturated heterocycles. The Kier molecular flexibility index (Phi) is 4.23. The average Bonchev–Trinajstić information content (AvgIpc) is 2.77. The van der Waals surface area contributed by atoms with E-state index in [0.717, 1.165) is 10.6 Å². The molecule has 1 saturated carbocycles. The maximum atomic E-state index is 5.86. The van der Waals surface area contributed by atoms with Crippen molar-refractivity contribution in [3.8, 4) is 0 Å². The van der Waals surface area contributed by atoms with E-state index in [1.54, 1.807) is 0 Å². The van der Waals surface area contributed by atoms with Crippen LogP contribution in [0.15, 0.2) is 29.4 Å². The van der Waals surface area contributed by atoms with E-state index in [1.807, 2.05) is 24.3 Å². The first kappa shape index (κ1) is 11.5. The molecule has 1 aromatic rings. The van der Waals surface area contributed by atoms with E-state index in [9.17, 15) is 0 Å². The second-order valence-electron chi connectivity index (χ2n) is 4.11. The topological polar surface area (TPSA) is 21.6 Å². The third kappa shape index (κ3) is 3.53. The van der Waals surface area contributed by atoms with Gasteiger partial charge in [0.2, 0.25) is 0 Å². The van der Waals surface area contributed by atoms with Gasteiger partial charge in [-0.3, -0.25) is 0 Å². The number of hydrogen-bond donors (Lipinski definition) is 0. The van der Waals surface area contributed by atoms with Gasteiger partial charge in [-0.15, -0.1) is 0 Å². The standard InChI is InChI=1S/C13H15ClNO/c14-13-7-3-6-12(8-13)10-16-15-9-11-4-1-2-5-11/h3,6-8,11H,1-2,4-5,10H2. The van der Waals surface area contributed by atoms with Crippen molar-refractivity contribution in [2.75, 3.05) is 0 Å². The van der Waals surface area contributed by atoms with Crippen molar-refractivity contribution in [1.82, 2.24) is 0 Å². The number of halogens is 1. The van der Waals surface area contributed by atoms with E-state index in [1.165, 1.54) is 25.7 Å². The Morgan fingerprint density at radius 2 is 2.19 bits per heavy atom. The summed E-state index contributed by atoms with van der Waals surface area (Å²) < 4.78 is 0. The molecule has 0 unspecified atom stereocenters. The third-order valence-corrected chi connectivity index (χ3v) is 3.01. The van der Waals surface area contributed by atoms with Crippen LogP contribution in [-0.2, 0) is 11.4 Å². The molecule has 0 heterocycles. The van der Waals surface area contributed by atoms with E-state index < -0.39 is 0 Å². The van der Waals surface area contributed by atoms with Crippen molar-refractivity contribution in [1.29, 1.82) is 0 Å². The minimum absolute atomic E-state index is 0.459. The highest BCUT2D eigenvalue weighted by Gasteiger charge is 2.12. The molecule has 1 aliphatic carbocycles. The van der Waals surface area contributed by atoms with Gasteiger partial charge in [0.15, 0.2) is 0 Å². The van der Waals surface area contributed by atoms with Crippen LogP contribution in [0, 0.1) is 5.92 Å². The Morgan fingerprint density at radius 1 is 1.38 bits per heavy atom. The second-order valence-corrected chi connectivity index (χ2v) is 4.54. The van der Waals surface area contributed by atoms with Crippen LogP contribution in [0.2, 0.25) is 5.02 Å². The fourth-order valence-electron chi connectivity index (χ4n) is 1.90.